The Balaban J connectivity index is 2.00. The van der Waals surface area contributed by atoms with Crippen molar-refractivity contribution in [3.8, 4) is 5.75 Å². The summed E-state index contributed by atoms with van der Waals surface area (Å²) in [4.78, 5) is 13.5. The van der Waals surface area contributed by atoms with Gasteiger partial charge in [-0.15, -0.1) is 0 Å². The summed E-state index contributed by atoms with van der Waals surface area (Å²) in [6.45, 7) is 0.375. The maximum Gasteiger partial charge on any atom is 0.235 e. The van der Waals surface area contributed by atoms with Crippen LogP contribution in [0.25, 0.3) is 0 Å². The van der Waals surface area contributed by atoms with Crippen molar-refractivity contribution >= 4 is 17.8 Å². The lowest BCUT2D eigenvalue weighted by Crippen LogP contribution is -2.30. The molecule has 4 heteroatoms. The number of thioether (sulfide) groups is 1. The Morgan fingerprint density at radius 2 is 2.40 bits per heavy atom. The lowest BCUT2D eigenvalue weighted by Gasteiger charge is -2.25. The van der Waals surface area contributed by atoms with E-state index < -0.39 is 0 Å². The van der Waals surface area contributed by atoms with E-state index in [1.807, 2.05) is 36.0 Å². The van der Waals surface area contributed by atoms with E-state index in [9.17, 15) is 4.79 Å². The second-order valence-corrected chi connectivity index (χ2v) is 4.41. The minimum Gasteiger partial charge on any atom is -0.489 e. The van der Waals surface area contributed by atoms with Gasteiger partial charge in [0, 0.05) is 11.5 Å². The summed E-state index contributed by atoms with van der Waals surface area (Å²) in [6, 6.07) is 7.68. The van der Waals surface area contributed by atoms with Crippen molar-refractivity contribution in [1.29, 1.82) is 0 Å². The van der Waals surface area contributed by atoms with Crippen molar-refractivity contribution in [1.82, 2.24) is 0 Å². The van der Waals surface area contributed by atoms with Crippen LogP contribution in [0.4, 0.5) is 0 Å². The third-order valence-corrected chi connectivity index (χ3v) is 3.35. The topological polar surface area (TPSA) is 38.7 Å². The molecule has 0 atom stereocenters. The van der Waals surface area contributed by atoms with Crippen LogP contribution in [-0.2, 0) is 11.3 Å². The van der Waals surface area contributed by atoms with Gasteiger partial charge < -0.3 is 4.74 Å². The lowest BCUT2D eigenvalue weighted by molar-refractivity contribution is 0.240. The number of isocyanates is 1. The molecule has 0 radical (unpaired) electrons. The molecule has 1 aliphatic rings. The summed E-state index contributed by atoms with van der Waals surface area (Å²) >= 11 is 1.89. The Morgan fingerprint density at radius 1 is 1.53 bits per heavy atom. The molecule has 1 aliphatic heterocycles. The summed E-state index contributed by atoms with van der Waals surface area (Å²) < 4.78 is 5.71. The molecule has 2 rings (SSSR count). The molecule has 1 saturated heterocycles. The Bertz CT molecular complexity index is 384. The van der Waals surface area contributed by atoms with E-state index in [0.717, 1.165) is 22.8 Å². The second-order valence-electron chi connectivity index (χ2n) is 3.33. The van der Waals surface area contributed by atoms with Gasteiger partial charge in [0.2, 0.25) is 6.08 Å². The molecule has 0 unspecified atom stereocenters. The number of ether oxygens (including phenoxy) is 1. The number of nitrogens with zero attached hydrogens (tertiary/aromatic N) is 1. The highest BCUT2D eigenvalue weighted by Gasteiger charge is 2.19. The fourth-order valence-corrected chi connectivity index (χ4v) is 1.88. The van der Waals surface area contributed by atoms with E-state index in [4.69, 9.17) is 4.74 Å². The van der Waals surface area contributed by atoms with Crippen molar-refractivity contribution < 1.29 is 9.53 Å². The second kappa shape index (κ2) is 5.01. The molecule has 0 bridgehead atoms. The maximum absolute atomic E-state index is 9.97. The van der Waals surface area contributed by atoms with E-state index in [2.05, 4.69) is 4.99 Å². The minimum absolute atomic E-state index is 0.347. The quantitative estimate of drug-likeness (QED) is 0.576. The summed E-state index contributed by atoms with van der Waals surface area (Å²) in [7, 11) is 0. The largest absolute Gasteiger partial charge is 0.489 e. The SMILES string of the molecule is O=C=NCc1cccc(OC2CSC2)c1. The van der Waals surface area contributed by atoms with Gasteiger partial charge >= 0.3 is 0 Å². The standard InChI is InChI=1S/C11H11NO2S/c13-8-12-5-9-2-1-3-10(4-9)14-11-6-15-7-11/h1-4,11H,5-7H2. The van der Waals surface area contributed by atoms with Crippen LogP contribution < -0.4 is 4.74 Å². The molecular formula is C11H11NO2S. The predicted octanol–water partition coefficient (Wildman–Crippen LogP) is 2.02. The highest BCUT2D eigenvalue weighted by molar-refractivity contribution is 8.00. The highest BCUT2D eigenvalue weighted by Crippen LogP contribution is 2.24. The number of benzene rings is 1. The van der Waals surface area contributed by atoms with Gasteiger partial charge in [-0.3, -0.25) is 0 Å². The molecule has 1 aromatic carbocycles. The first-order valence-electron chi connectivity index (χ1n) is 4.75. The van der Waals surface area contributed by atoms with Gasteiger partial charge in [-0.2, -0.15) is 11.8 Å². The summed E-state index contributed by atoms with van der Waals surface area (Å²) in [6.07, 6.45) is 1.88. The van der Waals surface area contributed by atoms with Crippen molar-refractivity contribution in [2.24, 2.45) is 4.99 Å². The number of carbonyl (C=O) groups excluding carboxylic acids is 1. The van der Waals surface area contributed by atoms with Crippen LogP contribution in [0.5, 0.6) is 5.75 Å². The molecule has 0 aliphatic carbocycles. The van der Waals surface area contributed by atoms with E-state index in [1.165, 1.54) is 6.08 Å². The zero-order chi connectivity index (χ0) is 10.5. The summed E-state index contributed by atoms with van der Waals surface area (Å²) in [5, 5.41) is 0. The van der Waals surface area contributed by atoms with Crippen molar-refractivity contribution in [3.05, 3.63) is 29.8 Å². The smallest absolute Gasteiger partial charge is 0.235 e. The number of rotatable bonds is 4. The molecule has 78 valence electrons. The Labute approximate surface area is 92.5 Å². The third-order valence-electron chi connectivity index (χ3n) is 2.13. The first-order valence-corrected chi connectivity index (χ1v) is 5.91. The number of hydrogen-bond donors (Lipinski definition) is 0. The van der Waals surface area contributed by atoms with Crippen LogP contribution in [0, 0.1) is 0 Å². The van der Waals surface area contributed by atoms with Crippen molar-refractivity contribution in [2.75, 3.05) is 11.5 Å². The van der Waals surface area contributed by atoms with Gasteiger partial charge in [-0.1, -0.05) is 12.1 Å². The molecule has 0 aromatic heterocycles. The van der Waals surface area contributed by atoms with Crippen LogP contribution in [0.3, 0.4) is 0 Å². The number of hydrogen-bond acceptors (Lipinski definition) is 4. The zero-order valence-electron chi connectivity index (χ0n) is 8.18. The van der Waals surface area contributed by atoms with Crippen LogP contribution in [-0.4, -0.2) is 23.7 Å². The van der Waals surface area contributed by atoms with E-state index in [-0.39, 0.29) is 0 Å². The summed E-state index contributed by atoms with van der Waals surface area (Å²) in [5.41, 5.74) is 0.975. The van der Waals surface area contributed by atoms with Gasteiger partial charge in [-0.25, -0.2) is 9.79 Å². The Morgan fingerprint density at radius 3 is 3.07 bits per heavy atom. The Hall–Kier alpha value is -1.25. The summed E-state index contributed by atoms with van der Waals surface area (Å²) in [5.74, 6) is 2.99. The third kappa shape index (κ3) is 2.85. The van der Waals surface area contributed by atoms with Crippen LogP contribution >= 0.6 is 11.8 Å². The maximum atomic E-state index is 9.97. The first-order chi connectivity index (χ1) is 7.38. The molecule has 3 nitrogen and oxygen atoms in total. The molecule has 0 N–H and O–H groups in total. The van der Waals surface area contributed by atoms with Crippen LogP contribution in [0.15, 0.2) is 29.3 Å². The first kappa shape index (κ1) is 10.3. The normalized spacial score (nSPS) is 15.2. The predicted molar refractivity (Wildman–Crippen MR) is 60.0 cm³/mol. The molecule has 1 fully saturated rings. The van der Waals surface area contributed by atoms with E-state index in [0.29, 0.717) is 12.6 Å². The van der Waals surface area contributed by atoms with Crippen LogP contribution in [0.1, 0.15) is 5.56 Å². The average molecular weight is 221 g/mol. The Kier molecular flexibility index (Phi) is 3.43. The van der Waals surface area contributed by atoms with E-state index in [1.54, 1.807) is 0 Å². The van der Waals surface area contributed by atoms with E-state index >= 15 is 0 Å². The van der Waals surface area contributed by atoms with Crippen molar-refractivity contribution in [2.45, 2.75) is 12.6 Å². The zero-order valence-corrected chi connectivity index (χ0v) is 9.00. The highest BCUT2D eigenvalue weighted by atomic mass is 32.2. The number of aliphatic imine (C=N–C) groups is 1. The molecule has 0 amide bonds. The fraction of sp³-hybridized carbons (Fsp3) is 0.364. The minimum atomic E-state index is 0.347. The molecule has 1 heterocycles. The van der Waals surface area contributed by atoms with Gasteiger partial charge in [0.1, 0.15) is 11.9 Å². The van der Waals surface area contributed by atoms with Crippen LogP contribution in [0.2, 0.25) is 0 Å². The van der Waals surface area contributed by atoms with Gasteiger partial charge in [0.05, 0.1) is 6.54 Å². The molecule has 1 aromatic rings. The van der Waals surface area contributed by atoms with Gasteiger partial charge in [-0.05, 0) is 17.7 Å². The van der Waals surface area contributed by atoms with Gasteiger partial charge in [0.15, 0.2) is 0 Å². The van der Waals surface area contributed by atoms with Gasteiger partial charge in [0.25, 0.3) is 0 Å². The molecule has 15 heavy (non-hydrogen) atoms. The fourth-order valence-electron chi connectivity index (χ4n) is 1.32. The lowest BCUT2D eigenvalue weighted by atomic mass is 10.2. The molecular weight excluding hydrogens is 210 g/mol. The average Bonchev–Trinajstić information content (AvgIpc) is 2.21. The molecule has 0 saturated carbocycles. The monoisotopic (exact) mass is 221 g/mol. The van der Waals surface area contributed by atoms with Crippen molar-refractivity contribution in [3.63, 3.8) is 0 Å². The molecule has 0 spiro atoms.